The molecule has 1 heterocycles. The molecule has 1 aliphatic rings. The maximum Gasteiger partial charge on any atom is 0.310 e. The molecule has 1 fully saturated rings. The average Bonchev–Trinajstić information content (AvgIpc) is 2.54. The summed E-state index contributed by atoms with van der Waals surface area (Å²) >= 11 is 0. The Morgan fingerprint density at radius 1 is 1.48 bits per heavy atom. The molecule has 1 saturated heterocycles. The van der Waals surface area contributed by atoms with Crippen LogP contribution in [0.25, 0.3) is 0 Å². The highest BCUT2D eigenvalue weighted by molar-refractivity contribution is 5.72. The number of benzene rings is 1. The average molecular weight is 293 g/mol. The van der Waals surface area contributed by atoms with Gasteiger partial charge in [0.1, 0.15) is 6.61 Å². The molecule has 2 unspecified atom stereocenters. The van der Waals surface area contributed by atoms with E-state index < -0.39 is 0 Å². The Kier molecular flexibility index (Phi) is 6.17. The van der Waals surface area contributed by atoms with Crippen LogP contribution in [0.5, 0.6) is 0 Å². The molecule has 0 radical (unpaired) electrons. The summed E-state index contributed by atoms with van der Waals surface area (Å²) in [7, 11) is 0. The van der Waals surface area contributed by atoms with E-state index in [4.69, 9.17) is 9.47 Å². The normalized spacial score (nSPS) is 21.0. The molecule has 2 rings (SSSR count). The largest absolute Gasteiger partial charge is 0.461 e. The predicted octanol–water partition coefficient (Wildman–Crippen LogP) is 1.06. The summed E-state index contributed by atoms with van der Waals surface area (Å²) in [6.45, 7) is 4.69. The van der Waals surface area contributed by atoms with Crippen LogP contribution in [-0.4, -0.2) is 54.9 Å². The number of hydrogen-bond acceptors (Lipinski definition) is 5. The first-order valence-corrected chi connectivity index (χ1v) is 7.34. The number of aliphatic hydroxyl groups is 1. The van der Waals surface area contributed by atoms with Crippen molar-refractivity contribution in [3.63, 3.8) is 0 Å². The lowest BCUT2D eigenvalue weighted by Crippen LogP contribution is -2.49. The lowest BCUT2D eigenvalue weighted by atomic mass is 10.1. The van der Waals surface area contributed by atoms with Gasteiger partial charge in [-0.25, -0.2) is 0 Å². The summed E-state index contributed by atoms with van der Waals surface area (Å²) in [6, 6.07) is 9.62. The van der Waals surface area contributed by atoms with Crippen molar-refractivity contribution in [2.75, 3.05) is 32.9 Å². The van der Waals surface area contributed by atoms with Gasteiger partial charge in [0.25, 0.3) is 0 Å². The van der Waals surface area contributed by atoms with E-state index in [-0.39, 0.29) is 24.5 Å². The Hall–Kier alpha value is -1.43. The van der Waals surface area contributed by atoms with E-state index in [1.807, 2.05) is 37.3 Å². The summed E-state index contributed by atoms with van der Waals surface area (Å²) in [6.07, 6.45) is 0. The number of rotatable bonds is 6. The molecular weight excluding hydrogens is 270 g/mol. The summed E-state index contributed by atoms with van der Waals surface area (Å²) in [5.74, 6) is -0.428. The molecular formula is C16H23NO4. The van der Waals surface area contributed by atoms with Gasteiger partial charge in [0.05, 0.1) is 31.8 Å². The minimum Gasteiger partial charge on any atom is -0.461 e. The Bertz CT molecular complexity index is 437. The number of esters is 1. The molecule has 0 saturated carbocycles. The van der Waals surface area contributed by atoms with Crippen LogP contribution in [0, 0.1) is 5.92 Å². The van der Waals surface area contributed by atoms with Crippen molar-refractivity contribution in [3.05, 3.63) is 35.9 Å². The number of nitrogens with zero attached hydrogens (tertiary/aromatic N) is 1. The van der Waals surface area contributed by atoms with E-state index in [2.05, 4.69) is 4.90 Å². The zero-order chi connectivity index (χ0) is 15.1. The summed E-state index contributed by atoms with van der Waals surface area (Å²) in [4.78, 5) is 14.1. The van der Waals surface area contributed by atoms with Crippen LogP contribution >= 0.6 is 0 Å². The molecule has 5 nitrogen and oxygen atoms in total. The van der Waals surface area contributed by atoms with E-state index in [1.165, 1.54) is 0 Å². The minimum absolute atomic E-state index is 0.0249. The van der Waals surface area contributed by atoms with Gasteiger partial charge in [0, 0.05) is 13.1 Å². The molecule has 21 heavy (non-hydrogen) atoms. The molecule has 0 bridgehead atoms. The van der Waals surface area contributed by atoms with Crippen LogP contribution < -0.4 is 0 Å². The number of carbonyl (C=O) groups excluding carboxylic acids is 1. The zero-order valence-electron chi connectivity index (χ0n) is 12.4. The van der Waals surface area contributed by atoms with Crippen molar-refractivity contribution in [1.29, 1.82) is 0 Å². The van der Waals surface area contributed by atoms with Crippen LogP contribution in [0.15, 0.2) is 30.3 Å². The topological polar surface area (TPSA) is 59.0 Å². The first-order chi connectivity index (χ1) is 10.2. The molecule has 2 atom stereocenters. The fourth-order valence-electron chi connectivity index (χ4n) is 2.39. The second-order valence-corrected chi connectivity index (χ2v) is 5.40. The fraction of sp³-hybridized carbons (Fsp3) is 0.562. The molecule has 1 N–H and O–H groups in total. The second kappa shape index (κ2) is 8.12. The van der Waals surface area contributed by atoms with Gasteiger partial charge in [0.2, 0.25) is 0 Å². The van der Waals surface area contributed by atoms with E-state index in [1.54, 1.807) is 0 Å². The molecule has 1 aromatic carbocycles. The molecule has 116 valence electrons. The summed E-state index contributed by atoms with van der Waals surface area (Å²) < 4.78 is 10.7. The van der Waals surface area contributed by atoms with E-state index in [0.29, 0.717) is 26.4 Å². The van der Waals surface area contributed by atoms with Crippen LogP contribution in [0.1, 0.15) is 12.5 Å². The Morgan fingerprint density at radius 2 is 2.24 bits per heavy atom. The highest BCUT2D eigenvalue weighted by atomic mass is 16.5. The van der Waals surface area contributed by atoms with Gasteiger partial charge in [0.15, 0.2) is 0 Å². The van der Waals surface area contributed by atoms with Gasteiger partial charge >= 0.3 is 5.97 Å². The SMILES string of the molecule is CC(CN1CCOCC1CO)C(=O)OCc1ccccc1. The number of hydrogen-bond donors (Lipinski definition) is 1. The number of aliphatic hydroxyl groups excluding tert-OH is 1. The fourth-order valence-corrected chi connectivity index (χ4v) is 2.39. The van der Waals surface area contributed by atoms with Crippen molar-refractivity contribution in [2.45, 2.75) is 19.6 Å². The summed E-state index contributed by atoms with van der Waals surface area (Å²) in [5.41, 5.74) is 0.984. The highest BCUT2D eigenvalue weighted by Crippen LogP contribution is 2.12. The number of ether oxygens (including phenoxy) is 2. The van der Waals surface area contributed by atoms with Crippen LogP contribution in [0.2, 0.25) is 0 Å². The van der Waals surface area contributed by atoms with Gasteiger partial charge in [-0.15, -0.1) is 0 Å². The van der Waals surface area contributed by atoms with Gasteiger partial charge < -0.3 is 14.6 Å². The van der Waals surface area contributed by atoms with Crippen LogP contribution in [0.3, 0.4) is 0 Å². The lowest BCUT2D eigenvalue weighted by Gasteiger charge is -2.35. The van der Waals surface area contributed by atoms with Crippen LogP contribution in [-0.2, 0) is 20.9 Å². The third-order valence-corrected chi connectivity index (χ3v) is 3.69. The van der Waals surface area contributed by atoms with E-state index in [9.17, 15) is 9.90 Å². The Morgan fingerprint density at radius 3 is 2.95 bits per heavy atom. The smallest absolute Gasteiger partial charge is 0.310 e. The first kappa shape index (κ1) is 15.9. The molecule has 0 spiro atoms. The standard InChI is InChI=1S/C16H23NO4/c1-13(9-17-7-8-20-12-15(17)10-18)16(19)21-11-14-5-3-2-4-6-14/h2-6,13,15,18H,7-12H2,1H3. The molecule has 0 amide bonds. The van der Waals surface area contributed by atoms with E-state index in [0.717, 1.165) is 12.1 Å². The van der Waals surface area contributed by atoms with Gasteiger partial charge in [-0.05, 0) is 5.56 Å². The maximum absolute atomic E-state index is 12.0. The maximum atomic E-state index is 12.0. The molecule has 5 heteroatoms. The van der Waals surface area contributed by atoms with Crippen molar-refractivity contribution in [2.24, 2.45) is 5.92 Å². The van der Waals surface area contributed by atoms with Crippen molar-refractivity contribution in [1.82, 2.24) is 4.90 Å². The second-order valence-electron chi connectivity index (χ2n) is 5.40. The Balaban J connectivity index is 1.79. The lowest BCUT2D eigenvalue weighted by molar-refractivity contribution is -0.151. The third-order valence-electron chi connectivity index (χ3n) is 3.69. The first-order valence-electron chi connectivity index (χ1n) is 7.34. The highest BCUT2D eigenvalue weighted by Gasteiger charge is 2.26. The molecule has 0 aliphatic carbocycles. The number of carbonyl (C=O) groups is 1. The third kappa shape index (κ3) is 4.81. The molecule has 0 aromatic heterocycles. The summed E-state index contributed by atoms with van der Waals surface area (Å²) in [5, 5.41) is 9.33. The number of morpholine rings is 1. The molecule has 1 aromatic rings. The van der Waals surface area contributed by atoms with Gasteiger partial charge in [-0.2, -0.15) is 0 Å². The predicted molar refractivity (Wildman–Crippen MR) is 78.7 cm³/mol. The minimum atomic E-state index is -0.221. The van der Waals surface area contributed by atoms with Crippen molar-refractivity contribution in [3.8, 4) is 0 Å². The van der Waals surface area contributed by atoms with Crippen LogP contribution in [0.4, 0.5) is 0 Å². The van der Waals surface area contributed by atoms with Gasteiger partial charge in [-0.1, -0.05) is 37.3 Å². The monoisotopic (exact) mass is 293 g/mol. The van der Waals surface area contributed by atoms with E-state index >= 15 is 0 Å². The van der Waals surface area contributed by atoms with Crippen molar-refractivity contribution >= 4 is 5.97 Å². The quantitative estimate of drug-likeness (QED) is 0.795. The van der Waals surface area contributed by atoms with Crippen molar-refractivity contribution < 1.29 is 19.4 Å². The zero-order valence-corrected chi connectivity index (χ0v) is 12.4. The Labute approximate surface area is 125 Å². The molecule has 1 aliphatic heterocycles. The van der Waals surface area contributed by atoms with Gasteiger partial charge in [-0.3, -0.25) is 9.69 Å².